The molecule has 1 aromatic heterocycles. The molecule has 0 spiro atoms. The molecule has 1 aromatic carbocycles. The van der Waals surface area contributed by atoms with Gasteiger partial charge in [0.15, 0.2) is 0 Å². The second-order valence-electron chi connectivity index (χ2n) is 6.37. The fourth-order valence-corrected chi connectivity index (χ4v) is 3.06. The fourth-order valence-electron chi connectivity index (χ4n) is 3.06. The Kier molecular flexibility index (Phi) is 4.28. The molecule has 0 unspecified atom stereocenters. The quantitative estimate of drug-likeness (QED) is 0.865. The van der Waals surface area contributed by atoms with Crippen LogP contribution in [0, 0.1) is 0 Å². The molecule has 0 N–H and O–H groups in total. The zero-order chi connectivity index (χ0) is 16.4. The third-order valence-electron chi connectivity index (χ3n) is 3.85. The molecule has 0 saturated carbocycles. The Morgan fingerprint density at radius 1 is 1.39 bits per heavy atom. The molecule has 1 aliphatic heterocycles. The number of hydrogen-bond donors (Lipinski definition) is 0. The van der Waals surface area contributed by atoms with Crippen LogP contribution in [-0.4, -0.2) is 59.3 Å². The average molecular weight is 315 g/mol. The Balaban J connectivity index is 1.92. The second-order valence-corrected chi connectivity index (χ2v) is 6.37. The Labute approximate surface area is 135 Å². The summed E-state index contributed by atoms with van der Waals surface area (Å²) >= 11 is 0. The van der Waals surface area contributed by atoms with Gasteiger partial charge in [0, 0.05) is 32.6 Å². The third kappa shape index (κ3) is 3.33. The topological polar surface area (TPSA) is 64.5 Å². The van der Waals surface area contributed by atoms with E-state index in [1.54, 1.807) is 25.6 Å². The highest BCUT2D eigenvalue weighted by atomic mass is 16.5. The fraction of sp³-hybridized carbons (Fsp3) is 0.471. The maximum atomic E-state index is 13.0. The van der Waals surface area contributed by atoms with Gasteiger partial charge in [0.25, 0.3) is 5.91 Å². The van der Waals surface area contributed by atoms with Gasteiger partial charge in [-0.1, -0.05) is 6.07 Å². The zero-order valence-electron chi connectivity index (χ0n) is 13.7. The number of methoxy groups -OCH3 is 1. The molecule has 3 rings (SSSR count). The maximum Gasteiger partial charge on any atom is 0.256 e. The van der Waals surface area contributed by atoms with Gasteiger partial charge in [0.2, 0.25) is 0 Å². The van der Waals surface area contributed by atoms with Crippen molar-refractivity contribution in [3.8, 4) is 0 Å². The molecule has 0 aliphatic carbocycles. The minimum absolute atomic E-state index is 0.0476. The summed E-state index contributed by atoms with van der Waals surface area (Å²) in [5, 5.41) is 0. The molecule has 0 radical (unpaired) electrons. The van der Waals surface area contributed by atoms with E-state index in [9.17, 15) is 4.79 Å². The van der Waals surface area contributed by atoms with Crippen molar-refractivity contribution >= 4 is 16.9 Å². The van der Waals surface area contributed by atoms with Crippen LogP contribution in [0.5, 0.6) is 0 Å². The molecule has 2 heterocycles. The van der Waals surface area contributed by atoms with Crippen molar-refractivity contribution in [1.29, 1.82) is 0 Å². The molecule has 6 nitrogen and oxygen atoms in total. The monoisotopic (exact) mass is 315 g/mol. The number of nitrogens with zero attached hydrogens (tertiary/aromatic N) is 3. The summed E-state index contributed by atoms with van der Waals surface area (Å²) in [6.07, 6.45) is 3.10. The van der Waals surface area contributed by atoms with E-state index in [0.717, 1.165) is 5.52 Å². The van der Waals surface area contributed by atoms with Crippen LogP contribution in [0.2, 0.25) is 0 Å². The van der Waals surface area contributed by atoms with Crippen LogP contribution >= 0.6 is 0 Å². The normalized spacial score (nSPS) is 20.7. The lowest BCUT2D eigenvalue weighted by Gasteiger charge is -2.42. The van der Waals surface area contributed by atoms with Crippen molar-refractivity contribution in [1.82, 2.24) is 14.9 Å². The van der Waals surface area contributed by atoms with Crippen LogP contribution in [0.25, 0.3) is 11.0 Å². The number of benzene rings is 1. The highest BCUT2D eigenvalue weighted by Gasteiger charge is 2.36. The van der Waals surface area contributed by atoms with Crippen LogP contribution in [-0.2, 0) is 9.47 Å². The molecule has 1 saturated heterocycles. The van der Waals surface area contributed by atoms with Crippen molar-refractivity contribution in [2.24, 2.45) is 0 Å². The highest BCUT2D eigenvalue weighted by molar-refractivity contribution is 6.04. The molecule has 0 bridgehead atoms. The number of hydrogen-bond acceptors (Lipinski definition) is 5. The molecule has 6 heteroatoms. The van der Waals surface area contributed by atoms with Crippen LogP contribution in [0.3, 0.4) is 0 Å². The minimum atomic E-state index is -0.409. The number of rotatable bonds is 3. The van der Waals surface area contributed by atoms with E-state index >= 15 is 0 Å². The van der Waals surface area contributed by atoms with Gasteiger partial charge in [0.05, 0.1) is 29.4 Å². The average Bonchev–Trinajstić information content (AvgIpc) is 2.52. The minimum Gasteiger partial charge on any atom is -0.382 e. The summed E-state index contributed by atoms with van der Waals surface area (Å²) in [6.45, 7) is 5.47. The van der Waals surface area contributed by atoms with E-state index in [1.165, 1.54) is 0 Å². The predicted molar refractivity (Wildman–Crippen MR) is 86.3 cm³/mol. The molecule has 23 heavy (non-hydrogen) atoms. The number of para-hydroxylation sites is 1. The van der Waals surface area contributed by atoms with Crippen molar-refractivity contribution < 1.29 is 14.3 Å². The SMILES string of the molecule is COC[C@@H]1CN(C(=O)c2cccc3nccnc23)CC(C)(C)O1. The molecule has 1 atom stereocenters. The van der Waals surface area contributed by atoms with Crippen LogP contribution in [0.1, 0.15) is 24.2 Å². The predicted octanol–water partition coefficient (Wildman–Crippen LogP) is 1.90. The van der Waals surface area contributed by atoms with Gasteiger partial charge >= 0.3 is 0 Å². The first-order valence-electron chi connectivity index (χ1n) is 7.66. The van der Waals surface area contributed by atoms with Gasteiger partial charge in [-0.15, -0.1) is 0 Å². The maximum absolute atomic E-state index is 13.0. The summed E-state index contributed by atoms with van der Waals surface area (Å²) in [4.78, 5) is 23.4. The van der Waals surface area contributed by atoms with Gasteiger partial charge in [-0.2, -0.15) is 0 Å². The van der Waals surface area contributed by atoms with Gasteiger partial charge < -0.3 is 14.4 Å². The van der Waals surface area contributed by atoms with Crippen molar-refractivity contribution in [3.63, 3.8) is 0 Å². The second kappa shape index (κ2) is 6.22. The lowest BCUT2D eigenvalue weighted by molar-refractivity contribution is -0.143. The summed E-state index contributed by atoms with van der Waals surface area (Å²) < 4.78 is 11.2. The van der Waals surface area contributed by atoms with Crippen molar-refractivity contribution in [3.05, 3.63) is 36.2 Å². The van der Waals surface area contributed by atoms with Gasteiger partial charge in [-0.3, -0.25) is 14.8 Å². The highest BCUT2D eigenvalue weighted by Crippen LogP contribution is 2.24. The van der Waals surface area contributed by atoms with E-state index in [4.69, 9.17) is 9.47 Å². The van der Waals surface area contributed by atoms with Crippen LogP contribution < -0.4 is 0 Å². The largest absolute Gasteiger partial charge is 0.382 e. The molecule has 2 aromatic rings. The molecule has 1 amide bonds. The van der Waals surface area contributed by atoms with Gasteiger partial charge in [-0.25, -0.2) is 0 Å². The van der Waals surface area contributed by atoms with Gasteiger partial charge in [0.1, 0.15) is 5.52 Å². The first-order chi connectivity index (χ1) is 11.0. The van der Waals surface area contributed by atoms with Crippen LogP contribution in [0.15, 0.2) is 30.6 Å². The molecule has 1 aliphatic rings. The van der Waals surface area contributed by atoms with Gasteiger partial charge in [-0.05, 0) is 26.0 Å². The Hall–Kier alpha value is -2.05. The number of aromatic nitrogens is 2. The first-order valence-corrected chi connectivity index (χ1v) is 7.66. The summed E-state index contributed by atoms with van der Waals surface area (Å²) in [6, 6.07) is 5.49. The number of morpholine rings is 1. The Bertz CT molecular complexity index is 712. The number of fused-ring (bicyclic) bond motifs is 1. The number of carbonyl (C=O) groups excluding carboxylic acids is 1. The molecule has 1 fully saturated rings. The number of ether oxygens (including phenoxy) is 2. The summed E-state index contributed by atoms with van der Waals surface area (Å²) in [7, 11) is 1.64. The lowest BCUT2D eigenvalue weighted by Crippen LogP contribution is -2.55. The third-order valence-corrected chi connectivity index (χ3v) is 3.85. The smallest absolute Gasteiger partial charge is 0.256 e. The standard InChI is InChI=1S/C17H21N3O3/c1-17(2)11-20(9-12(23-17)10-22-3)16(21)13-5-4-6-14-15(13)19-8-7-18-14/h4-8,12H,9-11H2,1-3H3/t12-/m0/s1. The van der Waals surface area contributed by atoms with E-state index < -0.39 is 5.60 Å². The van der Waals surface area contributed by atoms with E-state index in [2.05, 4.69) is 9.97 Å². The van der Waals surface area contributed by atoms with E-state index in [1.807, 2.05) is 30.9 Å². The molecular weight excluding hydrogens is 294 g/mol. The van der Waals surface area contributed by atoms with Crippen molar-refractivity contribution in [2.75, 3.05) is 26.8 Å². The zero-order valence-corrected chi connectivity index (χ0v) is 13.7. The van der Waals surface area contributed by atoms with E-state index in [0.29, 0.717) is 30.8 Å². The van der Waals surface area contributed by atoms with Crippen molar-refractivity contribution in [2.45, 2.75) is 25.6 Å². The Morgan fingerprint density at radius 2 is 2.17 bits per heavy atom. The molecule has 122 valence electrons. The first kappa shape index (κ1) is 15.8. The van der Waals surface area contributed by atoms with Crippen LogP contribution in [0.4, 0.5) is 0 Å². The lowest BCUT2D eigenvalue weighted by atomic mass is 10.0. The summed E-state index contributed by atoms with van der Waals surface area (Å²) in [5.41, 5.74) is 1.52. The van der Waals surface area contributed by atoms with E-state index in [-0.39, 0.29) is 12.0 Å². The Morgan fingerprint density at radius 3 is 2.96 bits per heavy atom. The molecular formula is C17H21N3O3. The number of amides is 1. The summed E-state index contributed by atoms with van der Waals surface area (Å²) in [5.74, 6) is -0.0476. The number of carbonyl (C=O) groups is 1.